The van der Waals surface area contributed by atoms with Crippen LogP contribution in [0.3, 0.4) is 0 Å². The number of nitrogens with one attached hydrogen (secondary N) is 3. The standard InChI is InChI=1S/C25H19ClN6O2/c1-14(31-24-21-22(33)16(11-27)12-28-23(21)29-13-30-24)19-10-15-6-5-9-18(26)20(15)25(34)32(19)17-7-3-2-4-8-17/h2-10,12,14H,13H2,1H3,(H,30,31)(H2,28,29,33)/t14-/m0/s1. The minimum Gasteiger partial charge on any atom is -0.362 e. The Morgan fingerprint density at radius 2 is 1.97 bits per heavy atom. The van der Waals surface area contributed by atoms with Crippen molar-refractivity contribution in [3.8, 4) is 11.8 Å². The summed E-state index contributed by atoms with van der Waals surface area (Å²) >= 11 is 6.39. The van der Waals surface area contributed by atoms with Crippen molar-refractivity contribution < 1.29 is 0 Å². The number of hydrogen-bond donors (Lipinski definition) is 3. The van der Waals surface area contributed by atoms with Gasteiger partial charge in [0.25, 0.3) is 5.56 Å². The quantitative estimate of drug-likeness (QED) is 0.422. The molecule has 168 valence electrons. The maximum atomic E-state index is 13.6. The molecule has 1 aliphatic heterocycles. The minimum absolute atomic E-state index is 0.00820. The van der Waals surface area contributed by atoms with Crippen LogP contribution in [0.1, 0.15) is 29.8 Å². The molecule has 0 amide bonds. The van der Waals surface area contributed by atoms with Crippen molar-refractivity contribution in [3.05, 3.63) is 103 Å². The van der Waals surface area contributed by atoms with E-state index in [1.54, 1.807) is 16.7 Å². The second-order valence-electron chi connectivity index (χ2n) is 7.85. The minimum atomic E-state index is -0.425. The molecule has 0 unspecified atom stereocenters. The summed E-state index contributed by atoms with van der Waals surface area (Å²) in [5, 5.41) is 17.1. The number of anilines is 1. The van der Waals surface area contributed by atoms with Crippen LogP contribution in [0, 0.1) is 11.3 Å². The third-order valence-corrected chi connectivity index (χ3v) is 6.08. The number of benzene rings is 2. The summed E-state index contributed by atoms with van der Waals surface area (Å²) in [5.74, 6) is 0.831. The lowest BCUT2D eigenvalue weighted by Gasteiger charge is -2.25. The number of pyridine rings is 2. The van der Waals surface area contributed by atoms with Crippen LogP contribution in [-0.2, 0) is 0 Å². The number of amidine groups is 1. The number of halogens is 1. The second-order valence-corrected chi connectivity index (χ2v) is 8.26. The molecule has 34 heavy (non-hydrogen) atoms. The fourth-order valence-corrected chi connectivity index (χ4v) is 4.42. The molecule has 3 N–H and O–H groups in total. The van der Waals surface area contributed by atoms with Gasteiger partial charge in [-0.1, -0.05) is 41.9 Å². The Hall–Kier alpha value is -4.35. The van der Waals surface area contributed by atoms with Crippen molar-refractivity contribution in [1.82, 2.24) is 14.9 Å². The zero-order valence-electron chi connectivity index (χ0n) is 18.1. The van der Waals surface area contributed by atoms with E-state index in [9.17, 15) is 14.9 Å². The van der Waals surface area contributed by atoms with Crippen molar-refractivity contribution in [3.63, 3.8) is 0 Å². The predicted octanol–water partition coefficient (Wildman–Crippen LogP) is 3.68. The largest absolute Gasteiger partial charge is 0.362 e. The van der Waals surface area contributed by atoms with Gasteiger partial charge in [-0.2, -0.15) is 5.26 Å². The molecule has 1 aliphatic rings. The second kappa shape index (κ2) is 8.54. The fraction of sp³-hybridized carbons (Fsp3) is 0.120. The van der Waals surface area contributed by atoms with Crippen LogP contribution >= 0.6 is 11.6 Å². The van der Waals surface area contributed by atoms with Crippen LogP contribution in [0.15, 0.2) is 75.4 Å². The highest BCUT2D eigenvalue weighted by Crippen LogP contribution is 2.26. The number of aromatic amines is 1. The Kier molecular flexibility index (Phi) is 5.40. The van der Waals surface area contributed by atoms with Gasteiger partial charge in [-0.25, -0.2) is 4.99 Å². The lowest BCUT2D eigenvalue weighted by atomic mass is 10.1. The molecule has 8 nitrogen and oxygen atoms in total. The first-order valence-corrected chi connectivity index (χ1v) is 11.0. The van der Waals surface area contributed by atoms with Crippen LogP contribution in [0.2, 0.25) is 5.02 Å². The van der Waals surface area contributed by atoms with E-state index in [-0.39, 0.29) is 23.4 Å². The van der Waals surface area contributed by atoms with Gasteiger partial charge in [0.15, 0.2) is 0 Å². The average molecular weight is 471 g/mol. The lowest BCUT2D eigenvalue weighted by molar-refractivity contribution is 0.660. The first-order chi connectivity index (χ1) is 16.5. The smallest absolute Gasteiger partial charge is 0.264 e. The van der Waals surface area contributed by atoms with Gasteiger partial charge >= 0.3 is 0 Å². The topological polar surface area (TPSA) is 115 Å². The third-order valence-electron chi connectivity index (χ3n) is 5.77. The molecule has 2 aromatic heterocycles. The molecule has 5 rings (SSSR count). The van der Waals surface area contributed by atoms with Crippen molar-refractivity contribution in [1.29, 1.82) is 5.26 Å². The Labute approximate surface area is 199 Å². The molecular formula is C25H19ClN6O2. The molecule has 0 bridgehead atoms. The Balaban J connectivity index is 1.67. The fourth-order valence-electron chi connectivity index (χ4n) is 4.15. The predicted molar refractivity (Wildman–Crippen MR) is 133 cm³/mol. The molecule has 4 aromatic rings. The average Bonchev–Trinajstić information content (AvgIpc) is 2.84. The van der Waals surface area contributed by atoms with E-state index in [4.69, 9.17) is 11.6 Å². The van der Waals surface area contributed by atoms with Gasteiger partial charge in [0.1, 0.15) is 35.5 Å². The summed E-state index contributed by atoms with van der Waals surface area (Å²) in [6.07, 6.45) is 1.38. The molecule has 0 saturated carbocycles. The number of H-pyrrole nitrogens is 1. The van der Waals surface area contributed by atoms with Crippen LogP contribution in [0.25, 0.3) is 16.5 Å². The molecular weight excluding hydrogens is 452 g/mol. The van der Waals surface area contributed by atoms with E-state index < -0.39 is 11.5 Å². The van der Waals surface area contributed by atoms with E-state index in [2.05, 4.69) is 20.6 Å². The van der Waals surface area contributed by atoms with E-state index in [0.29, 0.717) is 38.8 Å². The summed E-state index contributed by atoms with van der Waals surface area (Å²) in [6.45, 7) is 2.14. The third kappa shape index (κ3) is 3.52. The maximum absolute atomic E-state index is 13.6. The number of rotatable bonds is 3. The summed E-state index contributed by atoms with van der Waals surface area (Å²) < 4.78 is 1.62. The molecule has 3 heterocycles. The Morgan fingerprint density at radius 1 is 1.18 bits per heavy atom. The number of aromatic nitrogens is 2. The molecule has 0 fully saturated rings. The molecule has 0 aliphatic carbocycles. The van der Waals surface area contributed by atoms with Gasteiger partial charge in [0, 0.05) is 17.6 Å². The first-order valence-electron chi connectivity index (χ1n) is 10.6. The number of fused-ring (bicyclic) bond motifs is 2. The number of aliphatic imine (C=N–C) groups is 1. The first kappa shape index (κ1) is 21.5. The van der Waals surface area contributed by atoms with Gasteiger partial charge in [-0.3, -0.25) is 14.2 Å². The van der Waals surface area contributed by atoms with Gasteiger partial charge in [0.05, 0.1) is 16.5 Å². The summed E-state index contributed by atoms with van der Waals surface area (Å²) in [5.41, 5.74) is 0.945. The molecule has 2 aromatic carbocycles. The lowest BCUT2D eigenvalue weighted by Crippen LogP contribution is -2.38. The van der Waals surface area contributed by atoms with Gasteiger partial charge in [-0.05, 0) is 36.6 Å². The Bertz CT molecular complexity index is 1620. The van der Waals surface area contributed by atoms with E-state index >= 15 is 0 Å². The number of hydrogen-bond acceptors (Lipinski definition) is 6. The summed E-state index contributed by atoms with van der Waals surface area (Å²) in [4.78, 5) is 33.9. The van der Waals surface area contributed by atoms with Crippen LogP contribution < -0.4 is 21.6 Å². The molecule has 0 saturated heterocycles. The highest BCUT2D eigenvalue weighted by molar-refractivity contribution is 6.35. The molecule has 9 heteroatoms. The van der Waals surface area contributed by atoms with E-state index in [1.165, 1.54) is 6.20 Å². The number of nitriles is 1. The number of para-hydroxylation sites is 1. The van der Waals surface area contributed by atoms with E-state index in [1.807, 2.05) is 55.5 Å². The van der Waals surface area contributed by atoms with Gasteiger partial charge in [-0.15, -0.1) is 0 Å². The highest BCUT2D eigenvalue weighted by atomic mass is 35.5. The molecule has 0 spiro atoms. The molecule has 1 atom stereocenters. The van der Waals surface area contributed by atoms with Gasteiger partial charge < -0.3 is 15.6 Å². The van der Waals surface area contributed by atoms with Crippen LogP contribution in [0.4, 0.5) is 5.82 Å². The SMILES string of the molecule is C[C@H](NC1=NCNc2[nH]cc(C#N)c(=O)c21)c1cc2cccc(Cl)c2c(=O)n1-c1ccccc1. The monoisotopic (exact) mass is 470 g/mol. The van der Waals surface area contributed by atoms with Crippen LogP contribution in [-0.4, -0.2) is 22.1 Å². The normalized spacial score (nSPS) is 13.4. The zero-order valence-corrected chi connectivity index (χ0v) is 18.8. The van der Waals surface area contributed by atoms with Crippen molar-refractivity contribution in [2.45, 2.75) is 13.0 Å². The maximum Gasteiger partial charge on any atom is 0.264 e. The van der Waals surface area contributed by atoms with Crippen molar-refractivity contribution >= 4 is 34.0 Å². The summed E-state index contributed by atoms with van der Waals surface area (Å²) in [6, 6.07) is 18.0. The van der Waals surface area contributed by atoms with E-state index in [0.717, 1.165) is 0 Å². The zero-order chi connectivity index (χ0) is 23.8. The number of nitrogens with zero attached hydrogens (tertiary/aromatic N) is 3. The summed E-state index contributed by atoms with van der Waals surface area (Å²) in [7, 11) is 0. The van der Waals surface area contributed by atoms with Gasteiger partial charge in [0.2, 0.25) is 5.43 Å². The Morgan fingerprint density at radius 3 is 2.74 bits per heavy atom. The highest BCUT2D eigenvalue weighted by Gasteiger charge is 2.24. The van der Waals surface area contributed by atoms with Crippen LogP contribution in [0.5, 0.6) is 0 Å². The molecule has 0 radical (unpaired) electrons. The van der Waals surface area contributed by atoms with Crippen molar-refractivity contribution in [2.75, 3.05) is 12.0 Å². The van der Waals surface area contributed by atoms with Crippen molar-refractivity contribution in [2.24, 2.45) is 4.99 Å².